The highest BCUT2D eigenvalue weighted by Crippen LogP contribution is 2.24. The summed E-state index contributed by atoms with van der Waals surface area (Å²) in [5.41, 5.74) is -0.507. The van der Waals surface area contributed by atoms with Gasteiger partial charge < -0.3 is 10.2 Å². The topological polar surface area (TPSA) is 35.6 Å². The van der Waals surface area contributed by atoms with E-state index in [4.69, 9.17) is 0 Å². The van der Waals surface area contributed by atoms with Gasteiger partial charge in [-0.25, -0.2) is 0 Å². The van der Waals surface area contributed by atoms with Crippen molar-refractivity contribution < 1.29 is 4.79 Å². The van der Waals surface area contributed by atoms with Gasteiger partial charge in [-0.2, -0.15) is 0 Å². The Morgan fingerprint density at radius 2 is 1.88 bits per heavy atom. The van der Waals surface area contributed by atoms with Crippen LogP contribution in [0, 0.1) is 0 Å². The Hall–Kier alpha value is -0.610. The molecule has 1 amide bonds. The lowest BCUT2D eigenvalue weighted by Crippen LogP contribution is -2.69. The average molecular weight is 241 g/mol. The summed E-state index contributed by atoms with van der Waals surface area (Å²) in [7, 11) is 4.16. The van der Waals surface area contributed by atoms with Crippen molar-refractivity contribution in [2.24, 2.45) is 0 Å². The maximum atomic E-state index is 12.1. The van der Waals surface area contributed by atoms with Crippen LogP contribution in [0.5, 0.6) is 0 Å². The molecule has 0 radical (unpaired) electrons. The molecular formula is C13H27N3O. The van der Waals surface area contributed by atoms with Gasteiger partial charge >= 0.3 is 0 Å². The number of piperazine rings is 1. The quantitative estimate of drug-likeness (QED) is 0.795. The Morgan fingerprint density at radius 1 is 1.29 bits per heavy atom. The van der Waals surface area contributed by atoms with Gasteiger partial charge in [0.1, 0.15) is 0 Å². The fourth-order valence-corrected chi connectivity index (χ4v) is 2.25. The van der Waals surface area contributed by atoms with Crippen molar-refractivity contribution in [2.75, 3.05) is 33.7 Å². The van der Waals surface area contributed by atoms with Gasteiger partial charge in [0.15, 0.2) is 0 Å². The Morgan fingerprint density at radius 3 is 2.41 bits per heavy atom. The van der Waals surface area contributed by atoms with Crippen LogP contribution < -0.4 is 5.32 Å². The smallest absolute Gasteiger partial charge is 0.240 e. The second kappa shape index (κ2) is 4.94. The Kier molecular flexibility index (Phi) is 4.20. The normalized spacial score (nSPS) is 23.8. The van der Waals surface area contributed by atoms with Gasteiger partial charge in [-0.05, 0) is 54.8 Å². The van der Waals surface area contributed by atoms with Gasteiger partial charge in [0.25, 0.3) is 0 Å². The number of amides is 1. The lowest BCUT2D eigenvalue weighted by molar-refractivity contribution is -0.139. The largest absolute Gasteiger partial charge is 0.348 e. The van der Waals surface area contributed by atoms with Gasteiger partial charge in [0.05, 0.1) is 5.54 Å². The first-order chi connectivity index (χ1) is 7.65. The van der Waals surface area contributed by atoms with Gasteiger partial charge in [-0.15, -0.1) is 0 Å². The summed E-state index contributed by atoms with van der Waals surface area (Å²) in [5, 5.41) is 3.08. The molecule has 1 N–H and O–H groups in total. The highest BCUT2D eigenvalue weighted by molar-refractivity contribution is 5.86. The number of hydrogen-bond acceptors (Lipinski definition) is 3. The second-order valence-electron chi connectivity index (χ2n) is 6.48. The van der Waals surface area contributed by atoms with E-state index in [2.05, 4.69) is 43.1 Å². The maximum absolute atomic E-state index is 12.1. The number of hydrogen-bond donors (Lipinski definition) is 1. The average Bonchev–Trinajstić information content (AvgIpc) is 2.12. The highest BCUT2D eigenvalue weighted by atomic mass is 16.2. The minimum atomic E-state index is -0.387. The van der Waals surface area contributed by atoms with Crippen LogP contribution in [0.25, 0.3) is 0 Å². The first kappa shape index (κ1) is 14.5. The molecule has 0 aromatic heterocycles. The Labute approximate surface area is 105 Å². The SMILES string of the molecule is CN(C)CCCN1CC(C)(C)NC(=O)C1(C)C. The maximum Gasteiger partial charge on any atom is 0.240 e. The monoisotopic (exact) mass is 241 g/mol. The number of rotatable bonds is 4. The van der Waals surface area contributed by atoms with Crippen molar-refractivity contribution in [3.63, 3.8) is 0 Å². The van der Waals surface area contributed by atoms with Crippen LogP contribution in [0.4, 0.5) is 0 Å². The zero-order valence-corrected chi connectivity index (χ0v) is 12.1. The lowest BCUT2D eigenvalue weighted by Gasteiger charge is -2.48. The molecule has 0 atom stereocenters. The van der Waals surface area contributed by atoms with Crippen LogP contribution in [0.2, 0.25) is 0 Å². The van der Waals surface area contributed by atoms with Crippen molar-refractivity contribution in [1.29, 1.82) is 0 Å². The van der Waals surface area contributed by atoms with Gasteiger partial charge in [0, 0.05) is 18.6 Å². The van der Waals surface area contributed by atoms with Gasteiger partial charge in [0.2, 0.25) is 5.91 Å². The van der Waals surface area contributed by atoms with E-state index in [-0.39, 0.29) is 17.0 Å². The molecule has 0 spiro atoms. The van der Waals surface area contributed by atoms with Crippen LogP contribution in [-0.4, -0.2) is 60.5 Å². The van der Waals surface area contributed by atoms with Crippen molar-refractivity contribution in [2.45, 2.75) is 45.2 Å². The molecule has 1 rings (SSSR count). The zero-order valence-electron chi connectivity index (χ0n) is 12.1. The van der Waals surface area contributed by atoms with E-state index in [9.17, 15) is 4.79 Å². The summed E-state index contributed by atoms with van der Waals surface area (Å²) in [6, 6.07) is 0. The summed E-state index contributed by atoms with van der Waals surface area (Å²) < 4.78 is 0. The van der Waals surface area contributed by atoms with E-state index in [0.717, 1.165) is 26.1 Å². The van der Waals surface area contributed by atoms with Crippen LogP contribution in [0.15, 0.2) is 0 Å². The highest BCUT2D eigenvalue weighted by Gasteiger charge is 2.43. The molecule has 1 saturated heterocycles. The molecular weight excluding hydrogens is 214 g/mol. The third-order valence-corrected chi connectivity index (χ3v) is 3.42. The van der Waals surface area contributed by atoms with E-state index >= 15 is 0 Å². The molecule has 1 aliphatic rings. The standard InChI is InChI=1S/C13H27N3O/c1-12(2)10-16(9-7-8-15(5)6)13(3,4)11(17)14-12/h7-10H2,1-6H3,(H,14,17). The van der Waals surface area contributed by atoms with Crippen molar-refractivity contribution >= 4 is 5.91 Å². The molecule has 0 aromatic rings. The van der Waals surface area contributed by atoms with E-state index in [1.54, 1.807) is 0 Å². The van der Waals surface area contributed by atoms with Crippen LogP contribution in [0.3, 0.4) is 0 Å². The molecule has 1 aliphatic heterocycles. The fraction of sp³-hybridized carbons (Fsp3) is 0.923. The Bertz CT molecular complexity index is 284. The summed E-state index contributed by atoms with van der Waals surface area (Å²) in [6.45, 7) is 11.1. The molecule has 1 fully saturated rings. The first-order valence-corrected chi connectivity index (χ1v) is 6.37. The van der Waals surface area contributed by atoms with Crippen molar-refractivity contribution in [3.05, 3.63) is 0 Å². The molecule has 4 heteroatoms. The Balaban J connectivity index is 2.63. The number of nitrogens with one attached hydrogen (secondary N) is 1. The fourth-order valence-electron chi connectivity index (χ4n) is 2.25. The van der Waals surface area contributed by atoms with E-state index in [1.807, 2.05) is 13.8 Å². The van der Waals surface area contributed by atoms with E-state index in [0.29, 0.717) is 0 Å². The summed E-state index contributed by atoms with van der Waals surface area (Å²) in [6.07, 6.45) is 1.10. The molecule has 0 saturated carbocycles. The number of carbonyl (C=O) groups excluding carboxylic acids is 1. The van der Waals surface area contributed by atoms with Crippen LogP contribution in [0.1, 0.15) is 34.1 Å². The molecule has 0 bridgehead atoms. The summed E-state index contributed by atoms with van der Waals surface area (Å²) >= 11 is 0. The van der Waals surface area contributed by atoms with E-state index in [1.165, 1.54) is 0 Å². The number of nitrogens with zero attached hydrogens (tertiary/aromatic N) is 2. The third kappa shape index (κ3) is 3.68. The minimum absolute atomic E-state index is 0.120. The predicted octanol–water partition coefficient (Wildman–Crippen LogP) is 0.927. The minimum Gasteiger partial charge on any atom is -0.348 e. The molecule has 4 nitrogen and oxygen atoms in total. The van der Waals surface area contributed by atoms with Crippen LogP contribution in [-0.2, 0) is 4.79 Å². The molecule has 0 aliphatic carbocycles. The molecule has 1 heterocycles. The summed E-state index contributed by atoms with van der Waals surface area (Å²) in [4.78, 5) is 16.6. The van der Waals surface area contributed by atoms with E-state index < -0.39 is 0 Å². The first-order valence-electron chi connectivity index (χ1n) is 6.37. The van der Waals surface area contributed by atoms with Crippen LogP contribution >= 0.6 is 0 Å². The van der Waals surface area contributed by atoms with Gasteiger partial charge in [-0.3, -0.25) is 9.69 Å². The summed E-state index contributed by atoms with van der Waals surface area (Å²) in [5.74, 6) is 0.138. The predicted molar refractivity (Wildman–Crippen MR) is 71.0 cm³/mol. The lowest BCUT2D eigenvalue weighted by atomic mass is 9.90. The molecule has 100 valence electrons. The van der Waals surface area contributed by atoms with Crippen molar-refractivity contribution in [1.82, 2.24) is 15.1 Å². The molecule has 0 aromatic carbocycles. The van der Waals surface area contributed by atoms with Crippen molar-refractivity contribution in [3.8, 4) is 0 Å². The number of carbonyl (C=O) groups is 1. The molecule has 17 heavy (non-hydrogen) atoms. The van der Waals surface area contributed by atoms with Gasteiger partial charge in [-0.1, -0.05) is 0 Å². The second-order valence-corrected chi connectivity index (χ2v) is 6.48. The zero-order chi connectivity index (χ0) is 13.3. The third-order valence-electron chi connectivity index (χ3n) is 3.42. The molecule has 0 unspecified atom stereocenters.